The van der Waals surface area contributed by atoms with Crippen molar-refractivity contribution < 1.29 is 36.2 Å². The molecule has 10 heteroatoms. The topological polar surface area (TPSA) is 132 Å². The lowest BCUT2D eigenvalue weighted by Gasteiger charge is -2.14. The van der Waals surface area contributed by atoms with Crippen molar-refractivity contribution in [1.29, 1.82) is 0 Å². The van der Waals surface area contributed by atoms with Crippen LogP contribution in [0.15, 0.2) is 21.3 Å². The molecule has 0 bridgehead atoms. The maximum atomic E-state index is 11.3. The Hall–Kier alpha value is -2.46. The number of phenolic OH excluding ortho intramolecular Hbond substituents is 1. The van der Waals surface area contributed by atoms with E-state index in [0.29, 0.717) is 0 Å². The molecule has 0 saturated heterocycles. The van der Waals surface area contributed by atoms with Gasteiger partial charge in [0.1, 0.15) is 0 Å². The molecule has 2 N–H and O–H groups in total. The molecule has 1 heterocycles. The van der Waals surface area contributed by atoms with Gasteiger partial charge in [-0.2, -0.15) is 8.42 Å². The fourth-order valence-corrected chi connectivity index (χ4v) is 2.14. The van der Waals surface area contributed by atoms with E-state index in [1.807, 2.05) is 0 Å². The zero-order valence-electron chi connectivity index (χ0n) is 10.8. The lowest BCUT2D eigenvalue weighted by Crippen LogP contribution is -2.09. The second-order valence-electron chi connectivity index (χ2n) is 3.75. The SMILES string of the molecule is COc1c(O)c(OC)c2ccc(=O)oc2c1OS(=O)(=O)O. The fourth-order valence-electron chi connectivity index (χ4n) is 1.78. The quantitative estimate of drug-likeness (QED) is 0.617. The minimum atomic E-state index is -4.94. The lowest BCUT2D eigenvalue weighted by molar-refractivity contribution is 0.324. The van der Waals surface area contributed by atoms with Gasteiger partial charge in [-0.1, -0.05) is 0 Å². The summed E-state index contributed by atoms with van der Waals surface area (Å²) < 4.78 is 49.6. The van der Waals surface area contributed by atoms with Crippen LogP contribution in [-0.2, 0) is 10.4 Å². The number of benzene rings is 1. The van der Waals surface area contributed by atoms with Crippen molar-refractivity contribution in [3.63, 3.8) is 0 Å². The van der Waals surface area contributed by atoms with Crippen molar-refractivity contribution in [1.82, 2.24) is 0 Å². The summed E-state index contributed by atoms with van der Waals surface area (Å²) in [7, 11) is -2.60. The van der Waals surface area contributed by atoms with Crippen LogP contribution in [0, 0.1) is 0 Å². The molecule has 0 unspecified atom stereocenters. The van der Waals surface area contributed by atoms with Crippen LogP contribution in [0.5, 0.6) is 23.0 Å². The Morgan fingerprint density at radius 3 is 2.24 bits per heavy atom. The Morgan fingerprint density at radius 2 is 1.71 bits per heavy atom. The second-order valence-corrected chi connectivity index (χ2v) is 4.77. The Balaban J connectivity index is 2.99. The monoisotopic (exact) mass is 318 g/mol. The molecule has 1 aromatic carbocycles. The molecule has 0 aliphatic rings. The second kappa shape index (κ2) is 5.14. The summed E-state index contributed by atoms with van der Waals surface area (Å²) in [4.78, 5) is 11.3. The van der Waals surface area contributed by atoms with Crippen LogP contribution in [0.1, 0.15) is 0 Å². The average molecular weight is 318 g/mol. The van der Waals surface area contributed by atoms with Gasteiger partial charge < -0.3 is 23.2 Å². The first-order valence-corrected chi connectivity index (χ1v) is 6.72. The van der Waals surface area contributed by atoms with Crippen LogP contribution in [0.2, 0.25) is 0 Å². The lowest BCUT2D eigenvalue weighted by atomic mass is 10.1. The molecule has 0 radical (unpaired) electrons. The summed E-state index contributed by atoms with van der Waals surface area (Å²) in [5.41, 5.74) is -1.18. The van der Waals surface area contributed by atoms with Crippen LogP contribution < -0.4 is 19.3 Å². The fraction of sp³-hybridized carbons (Fsp3) is 0.182. The van der Waals surface area contributed by atoms with Gasteiger partial charge >= 0.3 is 16.0 Å². The Bertz CT molecular complexity index is 850. The molecular formula is C11H10O9S. The smallest absolute Gasteiger partial charge is 0.446 e. The molecule has 9 nitrogen and oxygen atoms in total. The van der Waals surface area contributed by atoms with E-state index in [-0.39, 0.29) is 16.7 Å². The van der Waals surface area contributed by atoms with E-state index in [9.17, 15) is 18.3 Å². The first-order valence-electron chi connectivity index (χ1n) is 5.36. The predicted octanol–water partition coefficient (Wildman–Crippen LogP) is 0.697. The van der Waals surface area contributed by atoms with Gasteiger partial charge in [0.25, 0.3) is 0 Å². The third-order valence-corrected chi connectivity index (χ3v) is 2.89. The summed E-state index contributed by atoms with van der Waals surface area (Å²) in [6, 6.07) is 2.27. The normalized spacial score (nSPS) is 11.4. The molecule has 1 aromatic heterocycles. The van der Waals surface area contributed by atoms with E-state index in [1.54, 1.807) is 0 Å². The van der Waals surface area contributed by atoms with E-state index in [0.717, 1.165) is 13.2 Å². The first-order chi connectivity index (χ1) is 9.78. The number of phenols is 1. The van der Waals surface area contributed by atoms with Crippen molar-refractivity contribution in [2.45, 2.75) is 0 Å². The van der Waals surface area contributed by atoms with Crippen LogP contribution in [-0.4, -0.2) is 32.3 Å². The number of fused-ring (bicyclic) bond motifs is 1. The van der Waals surface area contributed by atoms with Crippen LogP contribution >= 0.6 is 0 Å². The van der Waals surface area contributed by atoms with Gasteiger partial charge in [-0.05, 0) is 6.07 Å². The molecule has 2 aromatic rings. The van der Waals surface area contributed by atoms with Gasteiger partial charge in [0, 0.05) is 6.07 Å². The minimum Gasteiger partial charge on any atom is -0.502 e. The van der Waals surface area contributed by atoms with E-state index < -0.39 is 33.3 Å². The van der Waals surface area contributed by atoms with Crippen LogP contribution in [0.25, 0.3) is 11.0 Å². The zero-order valence-corrected chi connectivity index (χ0v) is 11.6. The van der Waals surface area contributed by atoms with Gasteiger partial charge in [0.15, 0.2) is 11.3 Å². The van der Waals surface area contributed by atoms with Crippen molar-refractivity contribution in [2.24, 2.45) is 0 Å². The molecular weight excluding hydrogens is 308 g/mol. The number of rotatable bonds is 4. The standard InChI is InChI=1S/C11H10O9S/c1-17-8-5-3-4-6(12)19-9(5)11(20-21(14,15)16)10(18-2)7(8)13/h3-4,13H,1-2H3,(H,14,15,16). The zero-order chi connectivity index (χ0) is 15.8. The van der Waals surface area contributed by atoms with E-state index in [2.05, 4.69) is 4.18 Å². The van der Waals surface area contributed by atoms with E-state index >= 15 is 0 Å². The largest absolute Gasteiger partial charge is 0.502 e. The number of hydrogen-bond donors (Lipinski definition) is 2. The minimum absolute atomic E-state index is 0.0500. The summed E-state index contributed by atoms with van der Waals surface area (Å²) in [6.45, 7) is 0. The number of ether oxygens (including phenoxy) is 2. The van der Waals surface area contributed by atoms with Crippen LogP contribution in [0.4, 0.5) is 0 Å². The molecule has 0 aliphatic carbocycles. The van der Waals surface area contributed by atoms with E-state index in [4.69, 9.17) is 18.4 Å². The Labute approximate surface area is 118 Å². The predicted molar refractivity (Wildman–Crippen MR) is 69.4 cm³/mol. The molecule has 0 atom stereocenters. The molecule has 2 rings (SSSR count). The molecule has 114 valence electrons. The number of hydrogen-bond acceptors (Lipinski definition) is 8. The molecule has 0 saturated carbocycles. The third kappa shape index (κ3) is 2.71. The highest BCUT2D eigenvalue weighted by Crippen LogP contribution is 2.50. The first kappa shape index (κ1) is 14.9. The van der Waals surface area contributed by atoms with Crippen molar-refractivity contribution in [3.05, 3.63) is 22.6 Å². The maximum absolute atomic E-state index is 11.3. The Kier molecular flexibility index (Phi) is 3.66. The number of methoxy groups -OCH3 is 2. The molecule has 0 amide bonds. The highest BCUT2D eigenvalue weighted by atomic mass is 32.3. The van der Waals surface area contributed by atoms with Gasteiger partial charge in [0.05, 0.1) is 19.6 Å². The summed E-state index contributed by atoms with van der Waals surface area (Å²) in [6.07, 6.45) is 0. The molecule has 0 fully saturated rings. The van der Waals surface area contributed by atoms with Crippen molar-refractivity contribution >= 4 is 21.4 Å². The molecule has 0 spiro atoms. The highest BCUT2D eigenvalue weighted by molar-refractivity contribution is 7.81. The van der Waals surface area contributed by atoms with Gasteiger partial charge in [0.2, 0.25) is 17.2 Å². The summed E-state index contributed by atoms with van der Waals surface area (Å²) >= 11 is 0. The summed E-state index contributed by atoms with van der Waals surface area (Å²) in [5.74, 6) is -1.86. The van der Waals surface area contributed by atoms with Gasteiger partial charge in [-0.15, -0.1) is 0 Å². The molecule has 0 aliphatic heterocycles. The maximum Gasteiger partial charge on any atom is 0.446 e. The van der Waals surface area contributed by atoms with Gasteiger partial charge in [-0.25, -0.2) is 4.79 Å². The molecule has 21 heavy (non-hydrogen) atoms. The summed E-state index contributed by atoms with van der Waals surface area (Å²) in [5, 5.41) is 10.1. The highest BCUT2D eigenvalue weighted by Gasteiger charge is 2.27. The number of aromatic hydroxyl groups is 1. The van der Waals surface area contributed by atoms with E-state index in [1.165, 1.54) is 13.2 Å². The van der Waals surface area contributed by atoms with Gasteiger partial charge in [-0.3, -0.25) is 4.55 Å². The van der Waals surface area contributed by atoms with Crippen molar-refractivity contribution in [2.75, 3.05) is 14.2 Å². The Morgan fingerprint density at radius 1 is 1.10 bits per heavy atom. The van der Waals surface area contributed by atoms with Crippen LogP contribution in [0.3, 0.4) is 0 Å². The van der Waals surface area contributed by atoms with Crippen molar-refractivity contribution in [3.8, 4) is 23.0 Å². The average Bonchev–Trinajstić information content (AvgIpc) is 2.38. The third-order valence-electron chi connectivity index (χ3n) is 2.52.